The SMILES string of the molecule is Cc1cc(N)nc(Cl)c1.O=C(O)C(F)(F)F. The Kier molecular flexibility index (Phi) is 5.03. The lowest BCUT2D eigenvalue weighted by Crippen LogP contribution is -2.21. The summed E-state index contributed by atoms with van der Waals surface area (Å²) in [6.07, 6.45) is -5.08. The number of rotatable bonds is 0. The van der Waals surface area contributed by atoms with Crippen molar-refractivity contribution < 1.29 is 23.1 Å². The van der Waals surface area contributed by atoms with Crippen molar-refractivity contribution in [3.05, 3.63) is 22.8 Å². The largest absolute Gasteiger partial charge is 0.490 e. The summed E-state index contributed by atoms with van der Waals surface area (Å²) >= 11 is 5.56. The molecule has 1 aromatic rings. The minimum Gasteiger partial charge on any atom is -0.475 e. The van der Waals surface area contributed by atoms with E-state index in [1.54, 1.807) is 12.1 Å². The van der Waals surface area contributed by atoms with E-state index in [1.807, 2.05) is 6.92 Å². The van der Waals surface area contributed by atoms with E-state index in [-0.39, 0.29) is 0 Å². The monoisotopic (exact) mass is 256 g/mol. The van der Waals surface area contributed by atoms with Crippen molar-refractivity contribution in [3.63, 3.8) is 0 Å². The average Bonchev–Trinajstić information content (AvgIpc) is 1.99. The first-order chi connectivity index (χ1) is 7.12. The molecule has 0 saturated carbocycles. The highest BCUT2D eigenvalue weighted by Gasteiger charge is 2.38. The zero-order valence-corrected chi connectivity index (χ0v) is 8.80. The number of alkyl halides is 3. The van der Waals surface area contributed by atoms with Gasteiger partial charge in [-0.1, -0.05) is 11.6 Å². The number of carboxylic acids is 1. The molecular formula is C8H8ClF3N2O2. The highest BCUT2D eigenvalue weighted by molar-refractivity contribution is 6.29. The van der Waals surface area contributed by atoms with Gasteiger partial charge in [-0.2, -0.15) is 13.2 Å². The number of nitrogens with two attached hydrogens (primary N) is 1. The van der Waals surface area contributed by atoms with Crippen LogP contribution >= 0.6 is 11.6 Å². The molecule has 1 rings (SSSR count). The van der Waals surface area contributed by atoms with Crippen molar-refractivity contribution in [1.82, 2.24) is 4.98 Å². The van der Waals surface area contributed by atoms with Crippen LogP contribution in [0.1, 0.15) is 5.56 Å². The number of hydrogen-bond acceptors (Lipinski definition) is 3. The van der Waals surface area contributed by atoms with Crippen molar-refractivity contribution in [2.45, 2.75) is 13.1 Å². The number of anilines is 1. The minimum absolute atomic E-state index is 0.451. The van der Waals surface area contributed by atoms with Crippen molar-refractivity contribution in [3.8, 4) is 0 Å². The summed E-state index contributed by atoms with van der Waals surface area (Å²) < 4.78 is 31.7. The second kappa shape index (κ2) is 5.55. The number of nitrogens with zero attached hydrogens (tertiary/aromatic N) is 1. The number of halogens is 4. The number of aryl methyl sites for hydroxylation is 1. The van der Waals surface area contributed by atoms with Gasteiger partial charge in [0.2, 0.25) is 0 Å². The van der Waals surface area contributed by atoms with E-state index < -0.39 is 12.1 Å². The Balaban J connectivity index is 0.000000293. The quantitative estimate of drug-likeness (QED) is 0.698. The van der Waals surface area contributed by atoms with Gasteiger partial charge in [0.1, 0.15) is 11.0 Å². The number of hydrogen-bond donors (Lipinski definition) is 2. The first-order valence-electron chi connectivity index (χ1n) is 3.82. The first-order valence-corrected chi connectivity index (χ1v) is 4.20. The Morgan fingerprint density at radius 3 is 2.19 bits per heavy atom. The van der Waals surface area contributed by atoms with Gasteiger partial charge in [0.15, 0.2) is 0 Å². The third kappa shape index (κ3) is 6.07. The Morgan fingerprint density at radius 2 is 1.94 bits per heavy atom. The van der Waals surface area contributed by atoms with Crippen LogP contribution < -0.4 is 5.73 Å². The summed E-state index contributed by atoms with van der Waals surface area (Å²) in [6.45, 7) is 1.92. The molecule has 0 fully saturated rings. The highest BCUT2D eigenvalue weighted by atomic mass is 35.5. The molecule has 8 heteroatoms. The van der Waals surface area contributed by atoms with E-state index in [9.17, 15) is 13.2 Å². The molecule has 0 aliphatic carbocycles. The van der Waals surface area contributed by atoms with Crippen LogP contribution in [0.4, 0.5) is 19.0 Å². The molecule has 0 radical (unpaired) electrons. The first kappa shape index (κ1) is 14.5. The molecule has 1 heterocycles. The molecule has 3 N–H and O–H groups in total. The molecule has 0 atom stereocenters. The van der Waals surface area contributed by atoms with Crippen molar-refractivity contribution >= 4 is 23.4 Å². The van der Waals surface area contributed by atoms with Crippen LogP contribution in [0.2, 0.25) is 5.15 Å². The summed E-state index contributed by atoms with van der Waals surface area (Å²) in [7, 11) is 0. The fourth-order valence-corrected chi connectivity index (χ4v) is 0.920. The molecule has 0 aromatic carbocycles. The summed E-state index contributed by atoms with van der Waals surface area (Å²) in [4.78, 5) is 12.7. The van der Waals surface area contributed by atoms with Crippen LogP contribution in [0.25, 0.3) is 0 Å². The summed E-state index contributed by atoms with van der Waals surface area (Å²) in [5.41, 5.74) is 6.40. The van der Waals surface area contributed by atoms with E-state index in [1.165, 1.54) is 0 Å². The fraction of sp³-hybridized carbons (Fsp3) is 0.250. The lowest BCUT2D eigenvalue weighted by molar-refractivity contribution is -0.192. The number of carboxylic acid groups (broad SMARTS) is 1. The molecule has 0 bridgehead atoms. The van der Waals surface area contributed by atoms with Crippen LogP contribution in [0, 0.1) is 6.92 Å². The van der Waals surface area contributed by atoms with Crippen LogP contribution in [0.5, 0.6) is 0 Å². The topological polar surface area (TPSA) is 76.2 Å². The maximum atomic E-state index is 10.6. The normalized spacial score (nSPS) is 10.3. The smallest absolute Gasteiger partial charge is 0.475 e. The molecule has 0 amide bonds. The maximum Gasteiger partial charge on any atom is 0.490 e. The fourth-order valence-electron chi connectivity index (χ4n) is 0.651. The van der Waals surface area contributed by atoms with Gasteiger partial charge in [-0.15, -0.1) is 0 Å². The van der Waals surface area contributed by atoms with E-state index in [0.29, 0.717) is 11.0 Å². The highest BCUT2D eigenvalue weighted by Crippen LogP contribution is 2.13. The van der Waals surface area contributed by atoms with E-state index in [0.717, 1.165) is 5.56 Å². The molecule has 0 aliphatic heterocycles. The second-order valence-corrected chi connectivity index (χ2v) is 3.08. The molecule has 0 spiro atoms. The van der Waals surface area contributed by atoms with Gasteiger partial charge in [0.05, 0.1) is 0 Å². The lowest BCUT2D eigenvalue weighted by atomic mass is 10.3. The van der Waals surface area contributed by atoms with Gasteiger partial charge in [0.25, 0.3) is 0 Å². The summed E-state index contributed by atoms with van der Waals surface area (Å²) in [5, 5.41) is 7.58. The third-order valence-corrected chi connectivity index (χ3v) is 1.39. The van der Waals surface area contributed by atoms with Gasteiger partial charge in [-0.25, -0.2) is 9.78 Å². The van der Waals surface area contributed by atoms with Gasteiger partial charge < -0.3 is 10.8 Å². The number of nitrogen functional groups attached to an aromatic ring is 1. The van der Waals surface area contributed by atoms with Gasteiger partial charge in [-0.3, -0.25) is 0 Å². The summed E-state index contributed by atoms with van der Waals surface area (Å²) in [6, 6.07) is 3.53. The molecule has 0 aliphatic rings. The maximum absolute atomic E-state index is 10.6. The molecule has 0 saturated heterocycles. The van der Waals surface area contributed by atoms with Crippen LogP contribution in [-0.2, 0) is 4.79 Å². The van der Waals surface area contributed by atoms with E-state index >= 15 is 0 Å². The average molecular weight is 257 g/mol. The Hall–Kier alpha value is -1.50. The lowest BCUT2D eigenvalue weighted by Gasteiger charge is -1.94. The van der Waals surface area contributed by atoms with E-state index in [4.69, 9.17) is 27.2 Å². The van der Waals surface area contributed by atoms with Crippen LogP contribution in [0.3, 0.4) is 0 Å². The number of pyridine rings is 1. The molecule has 90 valence electrons. The molecule has 16 heavy (non-hydrogen) atoms. The summed E-state index contributed by atoms with van der Waals surface area (Å²) in [5.74, 6) is -2.28. The number of carbonyl (C=O) groups is 1. The third-order valence-electron chi connectivity index (χ3n) is 1.20. The molecular weight excluding hydrogens is 249 g/mol. The zero-order valence-electron chi connectivity index (χ0n) is 8.05. The molecule has 4 nitrogen and oxygen atoms in total. The van der Waals surface area contributed by atoms with E-state index in [2.05, 4.69) is 4.98 Å². The zero-order chi connectivity index (χ0) is 12.9. The van der Waals surface area contributed by atoms with Crippen molar-refractivity contribution in [2.75, 3.05) is 5.73 Å². The number of aliphatic carboxylic acids is 1. The van der Waals surface area contributed by atoms with Crippen molar-refractivity contribution in [2.24, 2.45) is 0 Å². The van der Waals surface area contributed by atoms with Crippen LogP contribution in [0.15, 0.2) is 12.1 Å². The number of aromatic nitrogens is 1. The predicted molar refractivity (Wildman–Crippen MR) is 52.1 cm³/mol. The Morgan fingerprint density at radius 1 is 1.50 bits per heavy atom. The second-order valence-electron chi connectivity index (χ2n) is 2.69. The van der Waals surface area contributed by atoms with Crippen molar-refractivity contribution in [1.29, 1.82) is 0 Å². The molecule has 1 aromatic heterocycles. The van der Waals surface area contributed by atoms with Gasteiger partial charge >= 0.3 is 12.1 Å². The predicted octanol–water partition coefficient (Wildman–Crippen LogP) is 2.26. The van der Waals surface area contributed by atoms with Gasteiger partial charge in [0, 0.05) is 0 Å². The minimum atomic E-state index is -5.08. The van der Waals surface area contributed by atoms with Crippen LogP contribution in [-0.4, -0.2) is 22.2 Å². The van der Waals surface area contributed by atoms with Gasteiger partial charge in [-0.05, 0) is 24.6 Å². The molecule has 0 unspecified atom stereocenters. The standard InChI is InChI=1S/C6H7ClN2.C2HF3O2/c1-4-2-5(7)9-6(8)3-4;3-2(4,5)1(6)7/h2-3H,1H3,(H2,8,9);(H,6,7). The Labute approximate surface area is 93.8 Å². The Bertz CT molecular complexity index is 332.